The van der Waals surface area contributed by atoms with Crippen molar-refractivity contribution in [3.63, 3.8) is 0 Å². The van der Waals surface area contributed by atoms with Gasteiger partial charge in [-0.25, -0.2) is 0 Å². The van der Waals surface area contributed by atoms with Crippen LogP contribution in [0.2, 0.25) is 0 Å². The molecule has 4 fully saturated rings. The van der Waals surface area contributed by atoms with Crippen LogP contribution in [0.3, 0.4) is 0 Å². The fourth-order valence-corrected chi connectivity index (χ4v) is 10.8. The molecule has 5 aliphatic carbocycles. The molecule has 0 aromatic heterocycles. The summed E-state index contributed by atoms with van der Waals surface area (Å²) in [4.78, 5) is 27.1. The van der Waals surface area contributed by atoms with E-state index in [9.17, 15) is 9.59 Å². The van der Waals surface area contributed by atoms with Crippen LogP contribution in [0.15, 0.2) is 11.6 Å². The summed E-state index contributed by atoms with van der Waals surface area (Å²) in [5.74, 6) is 3.65. The summed E-state index contributed by atoms with van der Waals surface area (Å²) < 4.78 is 0. The third kappa shape index (κ3) is 2.43. The number of rotatable bonds is 1. The Kier molecular flexibility index (Phi) is 4.71. The second-order valence-corrected chi connectivity index (χ2v) is 14.3. The average Bonchev–Trinajstić information content (AvgIpc) is 3.07. The van der Waals surface area contributed by atoms with Gasteiger partial charge in [0.25, 0.3) is 0 Å². The van der Waals surface area contributed by atoms with Crippen molar-refractivity contribution in [3.8, 4) is 0 Å². The van der Waals surface area contributed by atoms with Crippen molar-refractivity contribution in [3.05, 3.63) is 11.6 Å². The van der Waals surface area contributed by atoms with Gasteiger partial charge >= 0.3 is 0 Å². The molecule has 8 atom stereocenters. The van der Waals surface area contributed by atoms with Gasteiger partial charge in [-0.1, -0.05) is 61.0 Å². The number of Topliss-reactive ketones (excluding diaryl/α,β-unsaturated/α-hetero) is 1. The maximum Gasteiger partial charge on any atom is 0.162 e. The first-order chi connectivity index (χ1) is 14.7. The molecule has 0 aromatic rings. The predicted molar refractivity (Wildman–Crippen MR) is 130 cm³/mol. The van der Waals surface area contributed by atoms with Gasteiger partial charge in [-0.15, -0.1) is 0 Å². The van der Waals surface area contributed by atoms with E-state index in [1.165, 1.54) is 31.3 Å². The van der Waals surface area contributed by atoms with Crippen LogP contribution in [0.25, 0.3) is 0 Å². The van der Waals surface area contributed by atoms with E-state index in [2.05, 4.69) is 61.5 Å². The quantitative estimate of drug-likeness (QED) is 0.427. The molecule has 0 saturated heterocycles. The number of allylic oxidation sites excluding steroid dienone is 2. The molecule has 2 nitrogen and oxygen atoms in total. The summed E-state index contributed by atoms with van der Waals surface area (Å²) in [5.41, 5.74) is 1.25. The van der Waals surface area contributed by atoms with Gasteiger partial charge in [-0.2, -0.15) is 0 Å². The largest absolute Gasteiger partial charge is 0.299 e. The van der Waals surface area contributed by atoms with Gasteiger partial charge in [-0.05, 0) is 96.9 Å². The molecule has 0 spiro atoms. The summed E-state index contributed by atoms with van der Waals surface area (Å²) in [6.45, 7) is 18.9. The number of ketones is 2. The summed E-state index contributed by atoms with van der Waals surface area (Å²) in [7, 11) is 0. The lowest BCUT2D eigenvalue weighted by molar-refractivity contribution is -0.173. The lowest BCUT2D eigenvalue weighted by atomic mass is 9.35. The zero-order valence-corrected chi connectivity index (χ0v) is 21.9. The van der Waals surface area contributed by atoms with Crippen molar-refractivity contribution in [1.82, 2.24) is 0 Å². The second-order valence-electron chi connectivity index (χ2n) is 14.3. The van der Waals surface area contributed by atoms with Crippen molar-refractivity contribution in [2.24, 2.45) is 56.7 Å². The van der Waals surface area contributed by atoms with Crippen LogP contribution in [0, 0.1) is 56.7 Å². The zero-order chi connectivity index (χ0) is 23.5. The normalized spacial score (nSPS) is 52.1. The van der Waals surface area contributed by atoms with E-state index < -0.39 is 0 Å². The summed E-state index contributed by atoms with van der Waals surface area (Å²) in [6.07, 6.45) is 11.0. The lowest BCUT2D eigenvalue weighted by Gasteiger charge is -2.67. The van der Waals surface area contributed by atoms with E-state index in [1.807, 2.05) is 0 Å². The molecule has 0 amide bonds. The molecule has 2 heteroatoms. The van der Waals surface area contributed by atoms with Crippen molar-refractivity contribution in [2.75, 3.05) is 0 Å². The second kappa shape index (κ2) is 6.60. The Morgan fingerprint density at radius 1 is 0.844 bits per heavy atom. The molecule has 0 aliphatic heterocycles. The van der Waals surface area contributed by atoms with Crippen LogP contribution < -0.4 is 0 Å². The van der Waals surface area contributed by atoms with Crippen LogP contribution in [0.5, 0.6) is 0 Å². The Labute approximate surface area is 196 Å². The van der Waals surface area contributed by atoms with E-state index in [-0.39, 0.29) is 21.7 Å². The minimum absolute atomic E-state index is 0.00276. The number of hydrogen-bond donors (Lipinski definition) is 0. The molecular weight excluding hydrogens is 392 g/mol. The molecule has 0 bridgehead atoms. The van der Waals surface area contributed by atoms with Crippen LogP contribution >= 0.6 is 0 Å². The van der Waals surface area contributed by atoms with Crippen LogP contribution in [0.4, 0.5) is 0 Å². The number of hydrogen-bond acceptors (Lipinski definition) is 2. The maximum absolute atomic E-state index is 14.3. The Bertz CT molecular complexity index is 895. The first-order valence-corrected chi connectivity index (χ1v) is 13.5. The molecule has 4 saturated carbocycles. The monoisotopic (exact) mass is 438 g/mol. The molecule has 178 valence electrons. The Morgan fingerprint density at radius 2 is 1.50 bits per heavy atom. The minimum atomic E-state index is -0.273. The van der Waals surface area contributed by atoms with Crippen molar-refractivity contribution >= 4 is 11.6 Å². The van der Waals surface area contributed by atoms with Crippen LogP contribution in [-0.2, 0) is 9.59 Å². The zero-order valence-electron chi connectivity index (χ0n) is 21.9. The third-order valence-corrected chi connectivity index (χ3v) is 12.9. The van der Waals surface area contributed by atoms with Crippen LogP contribution in [0.1, 0.15) is 107 Å². The van der Waals surface area contributed by atoms with Gasteiger partial charge in [-0.3, -0.25) is 9.59 Å². The highest BCUT2D eigenvalue weighted by Crippen LogP contribution is 2.75. The van der Waals surface area contributed by atoms with Gasteiger partial charge in [0.15, 0.2) is 5.78 Å². The van der Waals surface area contributed by atoms with Crippen molar-refractivity contribution in [1.29, 1.82) is 0 Å². The Hall–Kier alpha value is -0.920. The first kappa shape index (κ1) is 22.9. The van der Waals surface area contributed by atoms with Gasteiger partial charge in [0.2, 0.25) is 0 Å². The smallest absolute Gasteiger partial charge is 0.162 e. The fourth-order valence-electron chi connectivity index (χ4n) is 10.8. The molecule has 0 unspecified atom stereocenters. The SMILES string of the molecule is CC(C)[C@H]1CC[C@@H]2[C@]1(C)CC[C@]1(C)[C@@H]3CC[C@H]4C(C)(C)C(=O)CC[C@]4(C)C3=CC(=O)[C@@]21C. The number of carbonyl (C=O) groups excluding carboxylic acids is 2. The van der Waals surface area contributed by atoms with E-state index in [0.717, 1.165) is 25.2 Å². The molecular formula is C30H46O2. The molecule has 5 aliphatic rings. The summed E-state index contributed by atoms with van der Waals surface area (Å²) >= 11 is 0. The van der Waals surface area contributed by atoms with Gasteiger partial charge in [0.1, 0.15) is 5.78 Å². The Balaban J connectivity index is 1.62. The predicted octanol–water partition coefficient (Wildman–Crippen LogP) is 7.41. The molecule has 5 rings (SSSR count). The highest BCUT2D eigenvalue weighted by atomic mass is 16.1. The molecule has 0 heterocycles. The van der Waals surface area contributed by atoms with E-state index in [0.29, 0.717) is 47.1 Å². The number of carbonyl (C=O) groups is 2. The molecule has 0 aromatic carbocycles. The summed E-state index contributed by atoms with van der Waals surface area (Å²) in [5, 5.41) is 0. The van der Waals surface area contributed by atoms with Crippen molar-refractivity contribution in [2.45, 2.75) is 107 Å². The minimum Gasteiger partial charge on any atom is -0.299 e. The average molecular weight is 439 g/mol. The molecule has 0 radical (unpaired) electrons. The standard InChI is InChI=1S/C30H46O2/c1-18(2)19-9-12-23-28(19,6)15-16-29(7)20-10-11-22-26(3,4)24(31)13-14-27(22,5)21(20)17-25(32)30(23,29)8/h17-20,22-23H,9-16H2,1-8H3/t19-,20-,22+,23-,27-,28-,29-,30-/m1/s1. The lowest BCUT2D eigenvalue weighted by Crippen LogP contribution is -2.64. The van der Waals surface area contributed by atoms with Gasteiger partial charge in [0, 0.05) is 17.3 Å². The van der Waals surface area contributed by atoms with E-state index >= 15 is 0 Å². The van der Waals surface area contributed by atoms with E-state index in [1.54, 1.807) is 0 Å². The molecule has 32 heavy (non-hydrogen) atoms. The fraction of sp³-hybridized carbons (Fsp3) is 0.867. The van der Waals surface area contributed by atoms with Crippen LogP contribution in [-0.4, -0.2) is 11.6 Å². The first-order valence-electron chi connectivity index (χ1n) is 13.5. The maximum atomic E-state index is 14.3. The van der Waals surface area contributed by atoms with Gasteiger partial charge < -0.3 is 0 Å². The topological polar surface area (TPSA) is 34.1 Å². The molecule has 0 N–H and O–H groups in total. The summed E-state index contributed by atoms with van der Waals surface area (Å²) in [6, 6.07) is 0. The van der Waals surface area contributed by atoms with Crippen molar-refractivity contribution < 1.29 is 9.59 Å². The number of fused-ring (bicyclic) bond motifs is 7. The van der Waals surface area contributed by atoms with E-state index in [4.69, 9.17) is 0 Å². The third-order valence-electron chi connectivity index (χ3n) is 12.9. The Morgan fingerprint density at radius 3 is 2.16 bits per heavy atom. The highest BCUT2D eigenvalue weighted by molar-refractivity contribution is 5.98. The highest BCUT2D eigenvalue weighted by Gasteiger charge is 2.71. The van der Waals surface area contributed by atoms with Gasteiger partial charge in [0.05, 0.1) is 0 Å².